The number of nitrogens with zero attached hydrogens (tertiary/aromatic N) is 2. The Kier molecular flexibility index (Phi) is 6.57. The number of sulfonamides is 1. The number of aryl methyl sites for hydroxylation is 1. The lowest BCUT2D eigenvalue weighted by Gasteiger charge is -2.25. The maximum atomic E-state index is 13.4. The van der Waals surface area contributed by atoms with Crippen molar-refractivity contribution in [3.05, 3.63) is 58.1 Å². The van der Waals surface area contributed by atoms with Crippen LogP contribution in [0.3, 0.4) is 0 Å². The maximum absolute atomic E-state index is 13.4. The number of carbonyl (C=O) groups excluding carboxylic acids is 1. The van der Waals surface area contributed by atoms with Crippen LogP contribution in [0.25, 0.3) is 0 Å². The van der Waals surface area contributed by atoms with Gasteiger partial charge in [0.15, 0.2) is 0 Å². The Balaban J connectivity index is 2.66. The van der Waals surface area contributed by atoms with Gasteiger partial charge < -0.3 is 9.47 Å². The molecule has 0 heterocycles. The number of methoxy groups -OCH3 is 1. The molecule has 9 nitrogen and oxygen atoms in total. The molecule has 0 radical (unpaired) electrons. The number of esters is 1. The molecule has 2 rings (SSSR count). The standard InChI is InChI=1S/C18H20N2O7S/c1-4-27-18(21)12-19(15-7-5-6-8-16(15)26-3)28(24,25)17-11-14(20(22)23)10-9-13(17)2/h5-11H,4,12H2,1-3H3. The Labute approximate surface area is 162 Å². The van der Waals surface area contributed by atoms with E-state index in [-0.39, 0.29) is 28.6 Å². The normalized spacial score (nSPS) is 11.0. The Morgan fingerprint density at radius 1 is 1.21 bits per heavy atom. The van der Waals surface area contributed by atoms with Gasteiger partial charge in [0.05, 0.1) is 29.2 Å². The van der Waals surface area contributed by atoms with E-state index in [1.165, 1.54) is 32.2 Å². The molecule has 0 saturated carbocycles. The predicted octanol–water partition coefficient (Wildman–Crippen LogP) is 2.67. The van der Waals surface area contributed by atoms with Gasteiger partial charge in [-0.15, -0.1) is 0 Å². The first kappa shape index (κ1) is 21.2. The van der Waals surface area contributed by atoms with Gasteiger partial charge in [-0.25, -0.2) is 8.42 Å². The number of nitro benzene ring substituents is 1. The van der Waals surface area contributed by atoms with E-state index in [9.17, 15) is 23.3 Å². The molecule has 150 valence electrons. The zero-order valence-corrected chi connectivity index (χ0v) is 16.4. The van der Waals surface area contributed by atoms with Crippen LogP contribution in [0.4, 0.5) is 11.4 Å². The minimum atomic E-state index is -4.34. The van der Waals surface area contributed by atoms with Crippen molar-refractivity contribution in [2.75, 3.05) is 24.6 Å². The molecular formula is C18H20N2O7S. The third kappa shape index (κ3) is 4.39. The maximum Gasteiger partial charge on any atom is 0.326 e. The van der Waals surface area contributed by atoms with Crippen LogP contribution >= 0.6 is 0 Å². The first-order chi connectivity index (χ1) is 13.2. The van der Waals surface area contributed by atoms with Crippen molar-refractivity contribution in [1.29, 1.82) is 0 Å². The summed E-state index contributed by atoms with van der Waals surface area (Å²) in [7, 11) is -2.97. The molecule has 0 N–H and O–H groups in total. The van der Waals surface area contributed by atoms with Crippen LogP contribution in [-0.4, -0.2) is 39.6 Å². The highest BCUT2D eigenvalue weighted by Gasteiger charge is 2.32. The summed E-state index contributed by atoms with van der Waals surface area (Å²) in [6.07, 6.45) is 0. The average Bonchev–Trinajstić information content (AvgIpc) is 2.66. The lowest BCUT2D eigenvalue weighted by molar-refractivity contribution is -0.385. The molecule has 0 aromatic heterocycles. The topological polar surface area (TPSA) is 116 Å². The van der Waals surface area contributed by atoms with Gasteiger partial charge >= 0.3 is 5.97 Å². The van der Waals surface area contributed by atoms with Crippen LogP contribution in [0, 0.1) is 17.0 Å². The van der Waals surface area contributed by atoms with Crippen LogP contribution in [0.15, 0.2) is 47.4 Å². The minimum Gasteiger partial charge on any atom is -0.495 e. The predicted molar refractivity (Wildman–Crippen MR) is 102 cm³/mol. The average molecular weight is 408 g/mol. The number of carbonyl (C=O) groups is 1. The zero-order chi connectivity index (χ0) is 20.9. The summed E-state index contributed by atoms with van der Waals surface area (Å²) in [6, 6.07) is 9.79. The molecule has 0 aliphatic carbocycles. The largest absolute Gasteiger partial charge is 0.495 e. The van der Waals surface area contributed by atoms with E-state index in [1.807, 2.05) is 0 Å². The van der Waals surface area contributed by atoms with Crippen LogP contribution in [0.2, 0.25) is 0 Å². The van der Waals surface area contributed by atoms with E-state index in [1.54, 1.807) is 25.1 Å². The number of hydrogen-bond acceptors (Lipinski definition) is 7. The summed E-state index contributed by atoms with van der Waals surface area (Å²) < 4.78 is 37.7. The number of para-hydroxylation sites is 2. The molecule has 0 atom stereocenters. The highest BCUT2D eigenvalue weighted by Crippen LogP contribution is 2.34. The third-order valence-electron chi connectivity index (χ3n) is 3.88. The van der Waals surface area contributed by atoms with Crippen molar-refractivity contribution in [3.63, 3.8) is 0 Å². The fraction of sp³-hybridized carbons (Fsp3) is 0.278. The van der Waals surface area contributed by atoms with Gasteiger partial charge in [0.25, 0.3) is 15.7 Å². The summed E-state index contributed by atoms with van der Waals surface area (Å²) in [5.41, 5.74) is 0.0404. The summed E-state index contributed by atoms with van der Waals surface area (Å²) in [5, 5.41) is 11.1. The van der Waals surface area contributed by atoms with E-state index in [4.69, 9.17) is 9.47 Å². The fourth-order valence-corrected chi connectivity index (χ4v) is 4.23. The Morgan fingerprint density at radius 2 is 1.89 bits per heavy atom. The van der Waals surface area contributed by atoms with Crippen LogP contribution in [-0.2, 0) is 19.6 Å². The van der Waals surface area contributed by atoms with Crippen LogP contribution in [0.5, 0.6) is 5.75 Å². The molecule has 0 saturated heterocycles. The van der Waals surface area contributed by atoms with Gasteiger partial charge in [-0.2, -0.15) is 0 Å². The van der Waals surface area contributed by atoms with Gasteiger partial charge in [0.2, 0.25) is 0 Å². The van der Waals surface area contributed by atoms with Crippen molar-refractivity contribution >= 4 is 27.4 Å². The molecule has 0 amide bonds. The van der Waals surface area contributed by atoms with Crippen molar-refractivity contribution in [1.82, 2.24) is 0 Å². The quantitative estimate of drug-likeness (QED) is 0.374. The minimum absolute atomic E-state index is 0.0779. The second kappa shape index (κ2) is 8.70. The summed E-state index contributed by atoms with van der Waals surface area (Å²) >= 11 is 0. The molecule has 10 heteroatoms. The molecule has 2 aromatic rings. The van der Waals surface area contributed by atoms with Gasteiger partial charge in [0.1, 0.15) is 12.3 Å². The Bertz CT molecular complexity index is 989. The monoisotopic (exact) mass is 408 g/mol. The van der Waals surface area contributed by atoms with E-state index in [0.29, 0.717) is 5.56 Å². The fourth-order valence-electron chi connectivity index (χ4n) is 2.56. The number of rotatable bonds is 8. The van der Waals surface area contributed by atoms with Crippen molar-refractivity contribution in [2.45, 2.75) is 18.7 Å². The summed E-state index contributed by atoms with van der Waals surface area (Å²) in [5.74, 6) is -0.543. The lowest BCUT2D eigenvalue weighted by atomic mass is 10.2. The molecule has 2 aromatic carbocycles. The zero-order valence-electron chi connectivity index (χ0n) is 15.6. The number of ether oxygens (including phenoxy) is 2. The molecule has 0 unspecified atom stereocenters. The lowest BCUT2D eigenvalue weighted by Crippen LogP contribution is -2.37. The van der Waals surface area contributed by atoms with E-state index in [0.717, 1.165) is 10.4 Å². The second-order valence-corrected chi connectivity index (χ2v) is 7.53. The van der Waals surface area contributed by atoms with Crippen LogP contribution in [0.1, 0.15) is 12.5 Å². The number of non-ortho nitro benzene ring substituents is 1. The van der Waals surface area contributed by atoms with E-state index < -0.39 is 27.5 Å². The molecule has 0 aliphatic rings. The highest BCUT2D eigenvalue weighted by molar-refractivity contribution is 7.93. The summed E-state index contributed by atoms with van der Waals surface area (Å²) in [4.78, 5) is 22.2. The van der Waals surface area contributed by atoms with Gasteiger partial charge in [0, 0.05) is 12.1 Å². The summed E-state index contributed by atoms with van der Waals surface area (Å²) in [6.45, 7) is 2.58. The van der Waals surface area contributed by atoms with Crippen molar-refractivity contribution in [2.24, 2.45) is 0 Å². The van der Waals surface area contributed by atoms with Crippen LogP contribution < -0.4 is 9.04 Å². The highest BCUT2D eigenvalue weighted by atomic mass is 32.2. The smallest absolute Gasteiger partial charge is 0.326 e. The second-order valence-electron chi connectivity index (χ2n) is 5.70. The molecule has 28 heavy (non-hydrogen) atoms. The first-order valence-corrected chi connectivity index (χ1v) is 9.72. The molecule has 0 fully saturated rings. The van der Waals surface area contributed by atoms with Crippen molar-refractivity contribution in [3.8, 4) is 5.75 Å². The SMILES string of the molecule is CCOC(=O)CN(c1ccccc1OC)S(=O)(=O)c1cc([N+](=O)[O-])ccc1C. The molecule has 0 bridgehead atoms. The Hall–Kier alpha value is -3.14. The van der Waals surface area contributed by atoms with E-state index in [2.05, 4.69) is 0 Å². The number of anilines is 1. The van der Waals surface area contributed by atoms with Crippen molar-refractivity contribution < 1.29 is 27.6 Å². The number of benzene rings is 2. The Morgan fingerprint density at radius 3 is 2.50 bits per heavy atom. The number of hydrogen-bond donors (Lipinski definition) is 0. The van der Waals surface area contributed by atoms with E-state index >= 15 is 0 Å². The molecule has 0 aliphatic heterocycles. The molecule has 0 spiro atoms. The van der Waals surface area contributed by atoms with Gasteiger partial charge in [-0.1, -0.05) is 18.2 Å². The first-order valence-electron chi connectivity index (χ1n) is 8.28. The number of nitro groups is 1. The third-order valence-corrected chi connectivity index (χ3v) is 5.78. The van der Waals surface area contributed by atoms with Gasteiger partial charge in [-0.05, 0) is 31.5 Å². The van der Waals surface area contributed by atoms with Gasteiger partial charge in [-0.3, -0.25) is 19.2 Å². The molecular weight excluding hydrogens is 388 g/mol.